The summed E-state index contributed by atoms with van der Waals surface area (Å²) in [5.74, 6) is 0.0996. The molecule has 1 aliphatic rings. The average Bonchev–Trinajstić information content (AvgIpc) is 3.54. The van der Waals surface area contributed by atoms with Gasteiger partial charge in [0.25, 0.3) is 0 Å². The minimum atomic E-state index is -0.533. The Morgan fingerprint density at radius 1 is 1.07 bits per heavy atom. The molecule has 0 atom stereocenters. The van der Waals surface area contributed by atoms with Crippen LogP contribution in [0.15, 0.2) is 48.5 Å². The van der Waals surface area contributed by atoms with Crippen molar-refractivity contribution in [2.24, 2.45) is 0 Å². The van der Waals surface area contributed by atoms with Crippen LogP contribution in [0.5, 0.6) is 5.75 Å². The number of nitrogens with zero attached hydrogens (tertiary/aromatic N) is 1. The van der Waals surface area contributed by atoms with E-state index in [2.05, 4.69) is 4.57 Å². The molecule has 30 heavy (non-hydrogen) atoms. The number of carbonyl (C=O) groups is 2. The van der Waals surface area contributed by atoms with Gasteiger partial charge in [-0.05, 0) is 73.4 Å². The van der Waals surface area contributed by atoms with Gasteiger partial charge in [0.2, 0.25) is 5.78 Å². The molecule has 0 N–H and O–H groups in total. The van der Waals surface area contributed by atoms with E-state index in [-0.39, 0.29) is 12.4 Å². The number of aromatic nitrogens is 1. The van der Waals surface area contributed by atoms with Gasteiger partial charge in [-0.1, -0.05) is 18.2 Å². The van der Waals surface area contributed by atoms with Gasteiger partial charge in [-0.3, -0.25) is 4.79 Å². The lowest BCUT2D eigenvalue weighted by Gasteiger charge is -2.07. The Hall–Kier alpha value is -3.34. The predicted octanol–water partition coefficient (Wildman–Crippen LogP) is 5.04. The maximum absolute atomic E-state index is 12.5. The van der Waals surface area contributed by atoms with Gasteiger partial charge in [0.05, 0.1) is 7.11 Å². The Balaban J connectivity index is 1.37. The molecule has 5 heteroatoms. The van der Waals surface area contributed by atoms with Crippen LogP contribution in [0.4, 0.5) is 0 Å². The van der Waals surface area contributed by atoms with Gasteiger partial charge in [-0.2, -0.15) is 0 Å². The van der Waals surface area contributed by atoms with E-state index in [9.17, 15) is 9.59 Å². The van der Waals surface area contributed by atoms with Crippen LogP contribution >= 0.6 is 0 Å². The smallest absolute Gasteiger partial charge is 0.331 e. The zero-order valence-electron chi connectivity index (χ0n) is 17.5. The van der Waals surface area contributed by atoms with Crippen molar-refractivity contribution in [2.75, 3.05) is 13.7 Å². The van der Waals surface area contributed by atoms with Crippen molar-refractivity contribution in [3.63, 3.8) is 0 Å². The monoisotopic (exact) mass is 403 g/mol. The molecule has 1 saturated carbocycles. The number of methoxy groups -OCH3 is 1. The van der Waals surface area contributed by atoms with Crippen molar-refractivity contribution in [3.8, 4) is 5.75 Å². The largest absolute Gasteiger partial charge is 0.497 e. The van der Waals surface area contributed by atoms with Crippen LogP contribution in [-0.2, 0) is 9.53 Å². The molecule has 0 spiro atoms. The van der Waals surface area contributed by atoms with Crippen molar-refractivity contribution >= 4 is 28.6 Å². The second-order valence-corrected chi connectivity index (χ2v) is 7.72. The molecular formula is C25H25NO4. The van der Waals surface area contributed by atoms with Crippen LogP contribution < -0.4 is 4.74 Å². The Labute approximate surface area is 175 Å². The van der Waals surface area contributed by atoms with Gasteiger partial charge in [-0.15, -0.1) is 0 Å². The van der Waals surface area contributed by atoms with Gasteiger partial charge >= 0.3 is 5.97 Å². The fraction of sp³-hybridized carbons (Fsp3) is 0.280. The molecule has 0 radical (unpaired) electrons. The van der Waals surface area contributed by atoms with Crippen molar-refractivity contribution in [2.45, 2.75) is 32.7 Å². The van der Waals surface area contributed by atoms with E-state index in [1.165, 1.54) is 6.08 Å². The van der Waals surface area contributed by atoms with E-state index >= 15 is 0 Å². The quantitative estimate of drug-likeness (QED) is 0.315. The van der Waals surface area contributed by atoms with Gasteiger partial charge < -0.3 is 14.0 Å². The molecule has 4 rings (SSSR count). The number of hydrogen-bond acceptors (Lipinski definition) is 4. The first-order chi connectivity index (χ1) is 14.5. The molecule has 2 aromatic carbocycles. The third-order valence-electron chi connectivity index (χ3n) is 5.53. The van der Waals surface area contributed by atoms with E-state index in [0.717, 1.165) is 46.3 Å². The summed E-state index contributed by atoms with van der Waals surface area (Å²) in [6, 6.07) is 14.1. The van der Waals surface area contributed by atoms with E-state index in [1.807, 2.05) is 56.3 Å². The highest BCUT2D eigenvalue weighted by Gasteiger charge is 2.28. The number of Topliss-reactive ketones (excluding diaryl/α,β-unsaturated/α-hetero) is 1. The summed E-state index contributed by atoms with van der Waals surface area (Å²) in [4.78, 5) is 24.6. The summed E-state index contributed by atoms with van der Waals surface area (Å²) in [5.41, 5.74) is 3.56. The lowest BCUT2D eigenvalue weighted by molar-refractivity contribution is -0.136. The minimum Gasteiger partial charge on any atom is -0.497 e. The van der Waals surface area contributed by atoms with Crippen LogP contribution in [0, 0.1) is 13.8 Å². The van der Waals surface area contributed by atoms with Crippen molar-refractivity contribution in [1.82, 2.24) is 4.57 Å². The van der Waals surface area contributed by atoms with E-state index < -0.39 is 5.97 Å². The van der Waals surface area contributed by atoms with Crippen molar-refractivity contribution in [1.29, 1.82) is 0 Å². The summed E-state index contributed by atoms with van der Waals surface area (Å²) in [6.07, 6.45) is 5.36. The number of benzene rings is 2. The molecule has 1 fully saturated rings. The summed E-state index contributed by atoms with van der Waals surface area (Å²) in [5, 5.41) is 2.11. The molecule has 1 heterocycles. The van der Waals surface area contributed by atoms with Crippen LogP contribution in [0.25, 0.3) is 16.8 Å². The highest BCUT2D eigenvalue weighted by molar-refractivity contribution is 6.00. The lowest BCUT2D eigenvalue weighted by atomic mass is 10.1. The first kappa shape index (κ1) is 20.0. The third-order valence-corrected chi connectivity index (χ3v) is 5.53. The first-order valence-electron chi connectivity index (χ1n) is 10.1. The second kappa shape index (κ2) is 8.19. The fourth-order valence-electron chi connectivity index (χ4n) is 3.85. The zero-order valence-corrected chi connectivity index (χ0v) is 17.5. The molecule has 0 bridgehead atoms. The topological polar surface area (TPSA) is 57.5 Å². The number of esters is 1. The number of aryl methyl sites for hydroxylation is 1. The fourth-order valence-corrected chi connectivity index (χ4v) is 3.85. The Kier molecular flexibility index (Phi) is 5.44. The van der Waals surface area contributed by atoms with Crippen molar-refractivity contribution in [3.05, 3.63) is 71.1 Å². The predicted molar refractivity (Wildman–Crippen MR) is 117 cm³/mol. The molecule has 5 nitrogen and oxygen atoms in total. The molecule has 0 unspecified atom stereocenters. The Bertz CT molecular complexity index is 1150. The van der Waals surface area contributed by atoms with Crippen molar-refractivity contribution < 1.29 is 19.1 Å². The molecule has 1 aliphatic carbocycles. The SMILES string of the molecule is COc1ccc2cc(/C=C/C(=O)OCC(=O)c3cc(C)n(C4CC4)c3C)ccc2c1. The summed E-state index contributed by atoms with van der Waals surface area (Å²) in [6.45, 7) is 3.71. The van der Waals surface area contributed by atoms with Gasteiger partial charge in [-0.25, -0.2) is 4.79 Å². The highest BCUT2D eigenvalue weighted by Crippen LogP contribution is 2.38. The maximum Gasteiger partial charge on any atom is 0.331 e. The molecule has 0 saturated heterocycles. The number of fused-ring (bicyclic) bond motifs is 1. The second-order valence-electron chi connectivity index (χ2n) is 7.72. The molecule has 154 valence electrons. The van der Waals surface area contributed by atoms with Crippen LogP contribution in [-0.4, -0.2) is 30.0 Å². The third kappa shape index (κ3) is 4.15. The number of ether oxygens (including phenoxy) is 2. The number of carbonyl (C=O) groups excluding carboxylic acids is 2. The molecule has 3 aromatic rings. The van der Waals surface area contributed by atoms with Gasteiger partial charge in [0, 0.05) is 29.1 Å². The van der Waals surface area contributed by atoms with Gasteiger partial charge in [0.1, 0.15) is 5.75 Å². The maximum atomic E-state index is 12.5. The normalized spacial score (nSPS) is 13.7. The highest BCUT2D eigenvalue weighted by atomic mass is 16.5. The zero-order chi connectivity index (χ0) is 21.3. The van der Waals surface area contributed by atoms with E-state index in [1.54, 1.807) is 13.2 Å². The lowest BCUT2D eigenvalue weighted by Crippen LogP contribution is -2.13. The average molecular weight is 403 g/mol. The number of hydrogen-bond donors (Lipinski definition) is 0. The van der Waals surface area contributed by atoms with Gasteiger partial charge in [0.15, 0.2) is 6.61 Å². The standard InChI is InChI=1S/C25H25NO4/c1-16-12-23(17(2)26(16)21-8-9-21)24(27)15-30-25(28)11-5-18-4-6-20-14-22(29-3)10-7-19(20)13-18/h4-7,10-14,21H,8-9,15H2,1-3H3/b11-5+. The Morgan fingerprint density at radius 2 is 1.80 bits per heavy atom. The van der Waals surface area contributed by atoms with E-state index in [4.69, 9.17) is 9.47 Å². The summed E-state index contributed by atoms with van der Waals surface area (Å²) < 4.78 is 12.6. The molecule has 0 aliphatic heterocycles. The molecule has 0 amide bonds. The molecule has 1 aromatic heterocycles. The van der Waals surface area contributed by atoms with Crippen LogP contribution in [0.3, 0.4) is 0 Å². The van der Waals surface area contributed by atoms with E-state index in [0.29, 0.717) is 11.6 Å². The summed E-state index contributed by atoms with van der Waals surface area (Å²) in [7, 11) is 1.64. The minimum absolute atomic E-state index is 0.170. The van der Waals surface area contributed by atoms with Crippen LogP contribution in [0.1, 0.15) is 46.2 Å². The summed E-state index contributed by atoms with van der Waals surface area (Å²) >= 11 is 0. The van der Waals surface area contributed by atoms with Crippen LogP contribution in [0.2, 0.25) is 0 Å². The number of rotatable bonds is 7. The Morgan fingerprint density at radius 3 is 2.53 bits per heavy atom. The number of ketones is 1. The molecular weight excluding hydrogens is 378 g/mol. The first-order valence-corrected chi connectivity index (χ1v) is 10.1.